The Labute approximate surface area is 85.7 Å². The Bertz CT molecular complexity index is 292. The van der Waals surface area contributed by atoms with Crippen LogP contribution in [0.2, 0.25) is 0 Å². The lowest BCUT2D eigenvalue weighted by molar-refractivity contribution is -0.497. The third kappa shape index (κ3) is 1.63. The number of hydrogen-bond acceptors (Lipinski definition) is 2. The van der Waals surface area contributed by atoms with E-state index in [1.165, 1.54) is 25.0 Å². The first-order chi connectivity index (χ1) is 6.68. The lowest BCUT2D eigenvalue weighted by atomic mass is 9.89. The van der Waals surface area contributed by atoms with E-state index in [2.05, 4.69) is 22.7 Å². The average Bonchev–Trinajstić information content (AvgIpc) is 2.16. The topological polar surface area (TPSA) is 15.5 Å². The van der Waals surface area contributed by atoms with Crippen molar-refractivity contribution in [3.05, 3.63) is 11.5 Å². The molecule has 0 spiro atoms. The molecule has 3 nitrogen and oxygen atoms in total. The molecule has 2 aliphatic heterocycles. The number of rotatable bonds is 1. The number of fused-ring (bicyclic) bond motifs is 1. The van der Waals surface area contributed by atoms with E-state index in [1.54, 1.807) is 0 Å². The van der Waals surface area contributed by atoms with Crippen molar-refractivity contribution < 1.29 is 9.31 Å². The second kappa shape index (κ2) is 3.64. The van der Waals surface area contributed by atoms with E-state index in [-0.39, 0.29) is 0 Å². The maximum absolute atomic E-state index is 5.70. The largest absolute Gasteiger partial charge is 0.479 e. The number of hydrogen-bond donors (Lipinski definition) is 0. The normalized spacial score (nSPS) is 26.5. The van der Waals surface area contributed by atoms with Crippen LogP contribution < -0.4 is 0 Å². The molecule has 0 aromatic rings. The highest BCUT2D eigenvalue weighted by molar-refractivity contribution is 5.76. The standard InChI is InChI=1S/C11H19N2O/c1-12(2)11-10-8-13(3)6-4-9(10)5-7-14-11/h8-9H,4-7H2,1-3H3/q+1. The van der Waals surface area contributed by atoms with Crippen LogP contribution in [0.15, 0.2) is 11.5 Å². The van der Waals surface area contributed by atoms with Crippen molar-refractivity contribution in [2.45, 2.75) is 12.8 Å². The zero-order chi connectivity index (χ0) is 10.1. The molecule has 1 unspecified atom stereocenters. The van der Waals surface area contributed by atoms with Crippen molar-refractivity contribution in [1.82, 2.24) is 4.90 Å². The van der Waals surface area contributed by atoms with Crippen LogP contribution in [0.5, 0.6) is 0 Å². The molecule has 0 saturated heterocycles. The Morgan fingerprint density at radius 1 is 1.43 bits per heavy atom. The summed E-state index contributed by atoms with van der Waals surface area (Å²) in [6.45, 7) is 2.05. The molecule has 0 fully saturated rings. The van der Waals surface area contributed by atoms with Crippen molar-refractivity contribution >= 4 is 6.21 Å². The molecule has 1 atom stereocenters. The van der Waals surface area contributed by atoms with Gasteiger partial charge in [-0.2, -0.15) is 0 Å². The summed E-state index contributed by atoms with van der Waals surface area (Å²) in [4.78, 5) is 2.08. The van der Waals surface area contributed by atoms with Crippen LogP contribution in [0.1, 0.15) is 12.8 Å². The number of ether oxygens (including phenoxy) is 1. The summed E-state index contributed by atoms with van der Waals surface area (Å²) < 4.78 is 7.96. The number of nitrogens with zero attached hydrogens (tertiary/aromatic N) is 2. The molecule has 0 bridgehead atoms. The minimum Gasteiger partial charge on any atom is -0.479 e. The molecule has 2 rings (SSSR count). The van der Waals surface area contributed by atoms with Gasteiger partial charge in [-0.05, 0) is 6.42 Å². The molecule has 0 radical (unpaired) electrons. The maximum Gasteiger partial charge on any atom is 0.198 e. The van der Waals surface area contributed by atoms with E-state index in [9.17, 15) is 0 Å². The molecule has 14 heavy (non-hydrogen) atoms. The van der Waals surface area contributed by atoms with E-state index >= 15 is 0 Å². The molecule has 0 saturated carbocycles. The van der Waals surface area contributed by atoms with Crippen molar-refractivity contribution in [2.24, 2.45) is 5.92 Å². The van der Waals surface area contributed by atoms with Crippen LogP contribution >= 0.6 is 0 Å². The molecule has 2 aliphatic rings. The summed E-state index contributed by atoms with van der Waals surface area (Å²) >= 11 is 0. The minimum atomic E-state index is 0.720. The second-order valence-electron chi connectivity index (χ2n) is 4.39. The molecule has 2 heterocycles. The molecule has 0 aromatic heterocycles. The van der Waals surface area contributed by atoms with Crippen LogP contribution in [-0.2, 0) is 4.74 Å². The van der Waals surface area contributed by atoms with Gasteiger partial charge >= 0.3 is 0 Å². The van der Waals surface area contributed by atoms with Gasteiger partial charge in [0.15, 0.2) is 12.1 Å². The van der Waals surface area contributed by atoms with Crippen LogP contribution in [0.3, 0.4) is 0 Å². The van der Waals surface area contributed by atoms with Gasteiger partial charge in [0.25, 0.3) is 0 Å². The van der Waals surface area contributed by atoms with Gasteiger partial charge in [0.1, 0.15) is 13.6 Å². The van der Waals surface area contributed by atoms with Gasteiger partial charge in [0, 0.05) is 26.4 Å². The summed E-state index contributed by atoms with van der Waals surface area (Å²) in [6, 6.07) is 0. The molecule has 3 heteroatoms. The zero-order valence-electron chi connectivity index (χ0n) is 9.29. The van der Waals surface area contributed by atoms with Crippen molar-refractivity contribution in [3.8, 4) is 0 Å². The van der Waals surface area contributed by atoms with Crippen molar-refractivity contribution in [2.75, 3.05) is 34.3 Å². The minimum absolute atomic E-state index is 0.720. The van der Waals surface area contributed by atoms with E-state index in [0.29, 0.717) is 0 Å². The quantitative estimate of drug-likeness (QED) is 0.578. The summed E-state index contributed by atoms with van der Waals surface area (Å²) in [7, 11) is 6.23. The van der Waals surface area contributed by atoms with Crippen LogP contribution in [0.4, 0.5) is 0 Å². The Kier molecular flexibility index (Phi) is 2.48. The summed E-state index contributed by atoms with van der Waals surface area (Å²) in [5.41, 5.74) is 1.38. The highest BCUT2D eigenvalue weighted by Crippen LogP contribution is 2.29. The fourth-order valence-corrected chi connectivity index (χ4v) is 2.22. The van der Waals surface area contributed by atoms with E-state index in [4.69, 9.17) is 4.74 Å². The molecule has 0 amide bonds. The third-order valence-electron chi connectivity index (χ3n) is 2.99. The highest BCUT2D eigenvalue weighted by Gasteiger charge is 2.30. The average molecular weight is 195 g/mol. The van der Waals surface area contributed by atoms with E-state index < -0.39 is 0 Å². The fraction of sp³-hybridized carbons (Fsp3) is 0.727. The Balaban J connectivity index is 2.37. The Morgan fingerprint density at radius 2 is 2.21 bits per heavy atom. The summed E-state index contributed by atoms with van der Waals surface area (Å²) in [5.74, 6) is 1.78. The van der Waals surface area contributed by atoms with E-state index in [1.807, 2.05) is 14.1 Å². The molecule has 0 N–H and O–H groups in total. The van der Waals surface area contributed by atoms with Gasteiger partial charge in [-0.25, -0.2) is 4.58 Å². The fourth-order valence-electron chi connectivity index (χ4n) is 2.22. The van der Waals surface area contributed by atoms with Gasteiger partial charge in [-0.15, -0.1) is 0 Å². The third-order valence-corrected chi connectivity index (χ3v) is 2.99. The van der Waals surface area contributed by atoms with Crippen LogP contribution in [-0.4, -0.2) is 50.0 Å². The molecule has 78 valence electrons. The van der Waals surface area contributed by atoms with Gasteiger partial charge in [0.2, 0.25) is 0 Å². The first kappa shape index (κ1) is 9.56. The number of allylic oxidation sites excluding steroid dienone is 1. The van der Waals surface area contributed by atoms with Gasteiger partial charge in [-0.3, -0.25) is 0 Å². The molecule has 0 aromatic carbocycles. The molecular weight excluding hydrogens is 176 g/mol. The summed E-state index contributed by atoms with van der Waals surface area (Å²) in [6.07, 6.45) is 4.68. The van der Waals surface area contributed by atoms with E-state index in [0.717, 1.165) is 18.4 Å². The molecular formula is C11H19N2O+. The predicted octanol–water partition coefficient (Wildman–Crippen LogP) is 0.913. The smallest absolute Gasteiger partial charge is 0.198 e. The predicted molar refractivity (Wildman–Crippen MR) is 56.5 cm³/mol. The first-order valence-corrected chi connectivity index (χ1v) is 5.28. The second-order valence-corrected chi connectivity index (χ2v) is 4.39. The summed E-state index contributed by atoms with van der Waals surface area (Å²) in [5, 5.41) is 0. The van der Waals surface area contributed by atoms with Gasteiger partial charge in [-0.1, -0.05) is 0 Å². The van der Waals surface area contributed by atoms with Crippen molar-refractivity contribution in [3.63, 3.8) is 0 Å². The van der Waals surface area contributed by atoms with Crippen LogP contribution in [0.25, 0.3) is 0 Å². The monoisotopic (exact) mass is 195 g/mol. The van der Waals surface area contributed by atoms with Gasteiger partial charge < -0.3 is 9.64 Å². The molecule has 0 aliphatic carbocycles. The Hall–Kier alpha value is -0.990. The van der Waals surface area contributed by atoms with Gasteiger partial charge in [0.05, 0.1) is 12.2 Å². The first-order valence-electron chi connectivity index (χ1n) is 5.28. The lowest BCUT2D eigenvalue weighted by Gasteiger charge is -2.30. The SMILES string of the molecule is CN(C)C1=C2C=[N+](C)CCC2CCO1. The highest BCUT2D eigenvalue weighted by atomic mass is 16.5. The zero-order valence-corrected chi connectivity index (χ0v) is 9.29. The maximum atomic E-state index is 5.70. The lowest BCUT2D eigenvalue weighted by Crippen LogP contribution is -2.32. The van der Waals surface area contributed by atoms with Crippen LogP contribution in [0, 0.1) is 5.92 Å². The van der Waals surface area contributed by atoms with Crippen molar-refractivity contribution in [1.29, 1.82) is 0 Å². The Morgan fingerprint density at radius 3 is 2.93 bits per heavy atom.